The summed E-state index contributed by atoms with van der Waals surface area (Å²) in [6.45, 7) is 0. The molecule has 1 aromatic carbocycles. The third-order valence-electron chi connectivity index (χ3n) is 2.47. The first-order chi connectivity index (χ1) is 9.85. The van der Waals surface area contributed by atoms with Crippen LogP contribution >= 0.6 is 23.2 Å². The number of rotatable bonds is 4. The molecule has 0 saturated heterocycles. The van der Waals surface area contributed by atoms with E-state index in [0.717, 1.165) is 6.33 Å². The van der Waals surface area contributed by atoms with Crippen LogP contribution in [0.1, 0.15) is 0 Å². The molecule has 0 atom stereocenters. The first-order valence-corrected chi connectivity index (χ1v) is 7.71. The Morgan fingerprint density at radius 3 is 2.43 bits per heavy atom. The Hall–Kier alpha value is -1.77. The normalized spacial score (nSPS) is 11.2. The van der Waals surface area contributed by atoms with Crippen molar-refractivity contribution in [3.8, 4) is 5.75 Å². The molecule has 3 N–H and O–H groups in total. The molecule has 10 heteroatoms. The van der Waals surface area contributed by atoms with E-state index in [1.807, 2.05) is 0 Å². The molecule has 0 aliphatic heterocycles. The number of nitrogens with one attached hydrogen (secondary N) is 1. The minimum Gasteiger partial charge on any atom is -0.495 e. The summed E-state index contributed by atoms with van der Waals surface area (Å²) in [6.07, 6.45) is 1.12. The molecule has 2 rings (SSSR count). The van der Waals surface area contributed by atoms with Gasteiger partial charge in [0.25, 0.3) is 10.0 Å². The van der Waals surface area contributed by atoms with Gasteiger partial charge in [0.15, 0.2) is 10.3 Å². The molecule has 0 unspecified atom stereocenters. The van der Waals surface area contributed by atoms with E-state index in [4.69, 9.17) is 33.7 Å². The third-order valence-corrected chi connectivity index (χ3v) is 4.43. The van der Waals surface area contributed by atoms with Crippen LogP contribution in [0.25, 0.3) is 0 Å². The van der Waals surface area contributed by atoms with E-state index in [0.29, 0.717) is 5.69 Å². The second-order valence-electron chi connectivity index (χ2n) is 3.85. The first kappa shape index (κ1) is 15.6. The van der Waals surface area contributed by atoms with Crippen molar-refractivity contribution in [1.29, 1.82) is 0 Å². The maximum absolute atomic E-state index is 12.4. The molecule has 2 aromatic rings. The summed E-state index contributed by atoms with van der Waals surface area (Å²) in [5.74, 6) is 0.0894. The number of sulfonamides is 1. The van der Waals surface area contributed by atoms with Crippen molar-refractivity contribution in [2.45, 2.75) is 4.90 Å². The quantitative estimate of drug-likeness (QED) is 0.647. The van der Waals surface area contributed by atoms with Gasteiger partial charge in [-0.25, -0.2) is 18.4 Å². The second-order valence-corrected chi connectivity index (χ2v) is 6.21. The molecule has 0 fully saturated rings. The van der Waals surface area contributed by atoms with Gasteiger partial charge < -0.3 is 10.5 Å². The molecule has 21 heavy (non-hydrogen) atoms. The molecular formula is C11H10Cl2N4O3S. The summed E-state index contributed by atoms with van der Waals surface area (Å²) >= 11 is 11.6. The Morgan fingerprint density at radius 1 is 1.24 bits per heavy atom. The molecule has 0 amide bonds. The second kappa shape index (κ2) is 5.92. The molecule has 7 nitrogen and oxygen atoms in total. The maximum atomic E-state index is 12.4. The third kappa shape index (κ3) is 3.29. The Bertz CT molecular complexity index is 763. The van der Waals surface area contributed by atoms with Gasteiger partial charge in [0.05, 0.1) is 7.11 Å². The Kier molecular flexibility index (Phi) is 4.40. The first-order valence-electron chi connectivity index (χ1n) is 5.47. The van der Waals surface area contributed by atoms with Crippen molar-refractivity contribution in [2.24, 2.45) is 0 Å². The summed E-state index contributed by atoms with van der Waals surface area (Å²) in [6, 6.07) is 4.13. The van der Waals surface area contributed by atoms with Gasteiger partial charge in [-0.2, -0.15) is 0 Å². The number of nitrogens with zero attached hydrogens (tertiary/aromatic N) is 2. The molecule has 112 valence electrons. The van der Waals surface area contributed by atoms with Crippen LogP contribution in [0, 0.1) is 0 Å². The number of nitrogen functional groups attached to an aromatic ring is 1. The van der Waals surface area contributed by atoms with E-state index in [-0.39, 0.29) is 26.6 Å². The number of halogens is 2. The average molecular weight is 349 g/mol. The molecule has 1 heterocycles. The van der Waals surface area contributed by atoms with E-state index in [1.54, 1.807) is 0 Å². The number of anilines is 2. The van der Waals surface area contributed by atoms with E-state index in [1.165, 1.54) is 25.3 Å². The minimum atomic E-state index is -4.00. The monoisotopic (exact) mass is 348 g/mol. The van der Waals surface area contributed by atoms with Gasteiger partial charge in [-0.1, -0.05) is 23.2 Å². The van der Waals surface area contributed by atoms with Crippen molar-refractivity contribution in [1.82, 2.24) is 9.97 Å². The Balaban J connectivity index is 2.49. The summed E-state index contributed by atoms with van der Waals surface area (Å²) in [5, 5.41) is -0.235. The Morgan fingerprint density at radius 2 is 1.86 bits per heavy atom. The molecule has 0 aliphatic rings. The summed E-state index contributed by atoms with van der Waals surface area (Å²) in [7, 11) is -2.66. The smallest absolute Gasteiger partial charge is 0.265 e. The van der Waals surface area contributed by atoms with Crippen molar-refractivity contribution in [2.75, 3.05) is 17.6 Å². The highest BCUT2D eigenvalue weighted by Gasteiger charge is 2.22. The Labute approximate surface area is 131 Å². The van der Waals surface area contributed by atoms with Gasteiger partial charge in [-0.3, -0.25) is 4.72 Å². The van der Waals surface area contributed by atoms with Gasteiger partial charge >= 0.3 is 0 Å². The summed E-state index contributed by atoms with van der Waals surface area (Å²) < 4.78 is 32.0. The fraction of sp³-hybridized carbons (Fsp3) is 0.0909. The van der Waals surface area contributed by atoms with Gasteiger partial charge in [0, 0.05) is 11.8 Å². The van der Waals surface area contributed by atoms with Crippen LogP contribution in [0.4, 0.5) is 11.4 Å². The van der Waals surface area contributed by atoms with Gasteiger partial charge in [0.2, 0.25) is 0 Å². The highest BCUT2D eigenvalue weighted by atomic mass is 35.5. The minimum absolute atomic E-state index is 0.0894. The predicted octanol–water partition coefficient (Wildman–Crippen LogP) is 2.17. The number of hydrogen-bond donors (Lipinski definition) is 2. The van der Waals surface area contributed by atoms with Gasteiger partial charge in [-0.05, 0) is 12.1 Å². The molecule has 0 aliphatic carbocycles. The number of aromatic nitrogens is 2. The lowest BCUT2D eigenvalue weighted by Gasteiger charge is -2.13. The van der Waals surface area contributed by atoms with Gasteiger partial charge in [-0.15, -0.1) is 0 Å². The predicted molar refractivity (Wildman–Crippen MR) is 80.3 cm³/mol. The topological polar surface area (TPSA) is 107 Å². The number of hydrogen-bond acceptors (Lipinski definition) is 6. The van der Waals surface area contributed by atoms with Crippen LogP contribution in [-0.2, 0) is 10.0 Å². The molecule has 0 radical (unpaired) electrons. The van der Waals surface area contributed by atoms with E-state index >= 15 is 0 Å². The van der Waals surface area contributed by atoms with Crippen LogP contribution < -0.4 is 15.2 Å². The number of methoxy groups -OCH3 is 1. The fourth-order valence-corrected chi connectivity index (χ4v) is 3.27. The standard InChI is InChI=1S/C11H10Cl2N4O3S/c1-20-7-4-6(14)2-3-8(7)21(18,19)17-9-10(12)15-5-16-11(9)13/h2-5,17H,14H2,1H3. The summed E-state index contributed by atoms with van der Waals surface area (Å²) in [5.41, 5.74) is 5.84. The van der Waals surface area contributed by atoms with Crippen LogP contribution in [-0.4, -0.2) is 25.5 Å². The lowest BCUT2D eigenvalue weighted by atomic mass is 10.3. The number of ether oxygens (including phenoxy) is 1. The zero-order valence-electron chi connectivity index (χ0n) is 10.7. The number of benzene rings is 1. The van der Waals surface area contributed by atoms with Crippen LogP contribution in [0.2, 0.25) is 10.3 Å². The van der Waals surface area contributed by atoms with Crippen molar-refractivity contribution >= 4 is 44.6 Å². The highest BCUT2D eigenvalue weighted by molar-refractivity contribution is 7.92. The number of nitrogens with two attached hydrogens (primary N) is 1. The van der Waals surface area contributed by atoms with Crippen LogP contribution in [0.15, 0.2) is 29.4 Å². The molecule has 0 saturated carbocycles. The highest BCUT2D eigenvalue weighted by Crippen LogP contribution is 2.31. The molecule has 1 aromatic heterocycles. The zero-order valence-corrected chi connectivity index (χ0v) is 13.0. The van der Waals surface area contributed by atoms with Crippen LogP contribution in [0.3, 0.4) is 0 Å². The van der Waals surface area contributed by atoms with Crippen molar-refractivity contribution in [3.63, 3.8) is 0 Å². The van der Waals surface area contributed by atoms with Crippen LogP contribution in [0.5, 0.6) is 5.75 Å². The fourth-order valence-electron chi connectivity index (χ4n) is 1.52. The van der Waals surface area contributed by atoms with Crippen molar-refractivity contribution < 1.29 is 13.2 Å². The SMILES string of the molecule is COc1cc(N)ccc1S(=O)(=O)Nc1c(Cl)ncnc1Cl. The van der Waals surface area contributed by atoms with Crippen molar-refractivity contribution in [3.05, 3.63) is 34.8 Å². The largest absolute Gasteiger partial charge is 0.495 e. The maximum Gasteiger partial charge on any atom is 0.265 e. The zero-order chi connectivity index (χ0) is 15.6. The lowest BCUT2D eigenvalue weighted by Crippen LogP contribution is -2.15. The molecule has 0 spiro atoms. The van der Waals surface area contributed by atoms with E-state index in [2.05, 4.69) is 14.7 Å². The molecular weight excluding hydrogens is 339 g/mol. The van der Waals surface area contributed by atoms with Gasteiger partial charge in [0.1, 0.15) is 22.7 Å². The average Bonchev–Trinajstić information content (AvgIpc) is 2.42. The van der Waals surface area contributed by atoms with E-state index < -0.39 is 10.0 Å². The van der Waals surface area contributed by atoms with E-state index in [9.17, 15) is 8.42 Å². The summed E-state index contributed by atoms with van der Waals surface area (Å²) in [4.78, 5) is 7.22. The lowest BCUT2D eigenvalue weighted by molar-refractivity contribution is 0.403. The molecule has 0 bridgehead atoms.